The molecule has 6 aliphatic rings. The molecule has 0 amide bonds. The van der Waals surface area contributed by atoms with E-state index in [9.17, 15) is 0 Å². The number of rotatable bonds is 14. The Morgan fingerprint density at radius 2 is 0.523 bits per heavy atom. The number of benzene rings is 14. The van der Waals surface area contributed by atoms with Crippen LogP contribution < -0.4 is 59.1 Å². The molecule has 3 aromatic heterocycles. The van der Waals surface area contributed by atoms with Gasteiger partial charge in [0.25, 0.3) is 0 Å². The van der Waals surface area contributed by atoms with Gasteiger partial charge in [-0.15, -0.1) is 68.6 Å². The molecule has 17 aromatic rings. The third-order valence-corrected chi connectivity index (χ3v) is 20.8. The van der Waals surface area contributed by atoms with E-state index in [-0.39, 0.29) is 60.3 Å². The Morgan fingerprint density at radius 3 is 0.879 bits per heavy atom. The Bertz CT molecular complexity index is 6150. The molecule has 3 radical (unpaired) electrons. The van der Waals surface area contributed by atoms with Crippen LogP contribution in [0.3, 0.4) is 0 Å². The number of amidine groups is 3. The monoisotopic (exact) mass is 2250 g/mol. The summed E-state index contributed by atoms with van der Waals surface area (Å²) in [4.78, 5) is 45.2. The third-order valence-electron chi connectivity index (χ3n) is 20.8. The van der Waals surface area contributed by atoms with Crippen molar-refractivity contribution in [2.45, 2.75) is 6.92 Å². The summed E-state index contributed by atoms with van der Waals surface area (Å²) in [5.74, 6) is 7.67. The molecule has 24 heteroatoms. The first-order valence-corrected chi connectivity index (χ1v) is 41.7. The molecule has 0 bridgehead atoms. The van der Waals surface area contributed by atoms with Crippen LogP contribution >= 0.6 is 0 Å². The quantitative estimate of drug-likeness (QED) is 0.0948. The fourth-order valence-corrected chi connectivity index (χ4v) is 14.5. The molecule has 0 saturated carbocycles. The number of hydrogen-bond donors (Lipinski definition) is 0. The SMILES string of the molecule is CN1[CH-]N(c2[c-]cccc2)c2nccnc21.Cc1ccccc1-c1ncc2c(n1)N(C)[CH-]N2c1[c-]cccc1.[Ir].[Ir].[Ir].[c-]1ccccc1N1[CH-]N(c2ccccc2)C(c2ccccc2)=N1.[c-]1ccccc1N1[CH-]N(c2ccccc2)C(c2ccccc2)=N1.[c-]1ccccc1N1[CH-]N(c2ccccc2)C(c2ccccc2)=N1.[c-]1ccccc1N1[CH-]N(c2ccccc2)c2nccnc21. The van der Waals surface area contributed by atoms with Gasteiger partial charge >= 0.3 is 0 Å². The van der Waals surface area contributed by atoms with Gasteiger partial charge in [-0.25, -0.2) is 29.9 Å². The molecule has 0 unspecified atom stereocenters. The average Bonchev–Trinajstić information content (AvgIpc) is 1.62. The van der Waals surface area contributed by atoms with E-state index in [0.29, 0.717) is 0 Å². The van der Waals surface area contributed by atoms with Crippen LogP contribution in [0.2, 0.25) is 0 Å². The van der Waals surface area contributed by atoms with Crippen LogP contribution in [0.4, 0.5) is 91.7 Å². The molecule has 0 N–H and O–H groups in total. The number of hydrogen-bond acceptors (Lipinski definition) is 21. The van der Waals surface area contributed by atoms with Crippen molar-refractivity contribution in [3.05, 3.63) is 512 Å². The van der Waals surface area contributed by atoms with E-state index < -0.39 is 0 Å². The van der Waals surface area contributed by atoms with E-state index in [1.54, 1.807) is 24.8 Å². The average molecular weight is 2250 g/mol. The Labute approximate surface area is 811 Å². The van der Waals surface area contributed by atoms with Gasteiger partial charge in [0.2, 0.25) is 0 Å². The van der Waals surface area contributed by atoms with Gasteiger partial charge in [-0.3, -0.25) is 0 Å². The van der Waals surface area contributed by atoms with Crippen molar-refractivity contribution in [1.82, 2.24) is 29.9 Å². The zero-order chi connectivity index (χ0) is 87.3. The predicted octanol–water partition coefficient (Wildman–Crippen LogP) is 22.5. The summed E-state index contributed by atoms with van der Waals surface area (Å²) in [5, 5.41) is 19.9. The standard InChI is InChI=1S/3C20H15N3.C19H16N4.C17H12N4.C12H10N4.3Ir/c3*1-4-10-17(11-5-1)20-21-23(19-14-8-3-9-15-19)16-22(20)18-12-6-2-7-13-18;1-14-8-6-7-11-16(14)18-20-12-17-19(21-18)22(2)13-23(17)15-9-4-3-5-10-15;1-3-7-14(8-4-1)20-13-21(15-9-5-2-6-10-15)17-16(20)18-11-12-19-17;1-15-9-16(10-5-3-2-4-6-10)12-11(15)13-7-8-14-12;;;/h3*1-14,16H;3-9,11-13H,1-2H3;1-9,11-13H;2-5,7-9H,1H3;;;/q6*-2;;;. The maximum Gasteiger partial charge on any atom is 0.161 e. The van der Waals surface area contributed by atoms with Crippen molar-refractivity contribution in [3.8, 4) is 11.4 Å². The number of hydrazone groups is 3. The molecule has 0 spiro atoms. The van der Waals surface area contributed by atoms with Gasteiger partial charge in [0, 0.05) is 130 Å². The van der Waals surface area contributed by atoms with Crippen molar-refractivity contribution in [2.75, 3.05) is 73.2 Å². The largest absolute Gasteiger partial charge is 0.491 e. The number of aryl methyl sites for hydroxylation is 1. The molecule has 9 heterocycles. The van der Waals surface area contributed by atoms with Crippen LogP contribution in [0.25, 0.3) is 11.4 Å². The summed E-state index contributed by atoms with van der Waals surface area (Å²) < 4.78 is 0. The number of nitrogens with zero attached hydrogens (tertiary/aromatic N) is 21. The minimum atomic E-state index is 0. The summed E-state index contributed by atoms with van der Waals surface area (Å²) in [6.45, 7) is 14.0. The smallest absolute Gasteiger partial charge is 0.161 e. The summed E-state index contributed by atoms with van der Waals surface area (Å²) in [7, 11) is 3.95. The summed E-state index contributed by atoms with van der Waals surface area (Å²) in [5.41, 5.74) is 16.3. The molecule has 132 heavy (non-hydrogen) atoms. The minimum absolute atomic E-state index is 0. The zero-order valence-corrected chi connectivity index (χ0v) is 78.8. The number of aromatic nitrogens is 6. The molecule has 0 saturated heterocycles. The zero-order valence-electron chi connectivity index (χ0n) is 71.6. The first-order valence-electron chi connectivity index (χ1n) is 41.7. The second-order valence-electron chi connectivity index (χ2n) is 29.4. The van der Waals surface area contributed by atoms with Crippen LogP contribution in [-0.4, -0.2) is 61.5 Å². The fourth-order valence-electron chi connectivity index (χ4n) is 14.5. The van der Waals surface area contributed by atoms with Gasteiger partial charge in [-0.2, -0.15) is 186 Å². The Balaban J connectivity index is 0.000000121. The van der Waals surface area contributed by atoms with E-state index in [1.165, 1.54) is 5.56 Å². The third kappa shape index (κ3) is 21.6. The van der Waals surface area contributed by atoms with Crippen LogP contribution in [0.15, 0.2) is 428 Å². The Morgan fingerprint density at radius 1 is 0.242 bits per heavy atom. The van der Waals surface area contributed by atoms with Crippen LogP contribution in [0.1, 0.15) is 22.3 Å². The molecule has 6 aliphatic heterocycles. The molecular formula is C108H83Ir3N21-12. The molecule has 21 nitrogen and oxygen atoms in total. The molecule has 23 rings (SSSR count). The first-order chi connectivity index (χ1) is 63.8. The normalized spacial score (nSPS) is 13.5. The van der Waals surface area contributed by atoms with Crippen molar-refractivity contribution in [2.24, 2.45) is 15.3 Å². The van der Waals surface area contributed by atoms with E-state index in [1.807, 2.05) is 397 Å². The van der Waals surface area contributed by atoms with Gasteiger partial charge in [-0.1, -0.05) is 205 Å². The van der Waals surface area contributed by atoms with Gasteiger partial charge in [0.1, 0.15) is 46.6 Å². The molecule has 0 aliphatic carbocycles. The number of fused-ring (bicyclic) bond motifs is 3. The van der Waals surface area contributed by atoms with Crippen molar-refractivity contribution in [1.29, 1.82) is 0 Å². The van der Waals surface area contributed by atoms with Gasteiger partial charge < -0.3 is 59.1 Å². The maximum atomic E-state index is 4.78. The van der Waals surface area contributed by atoms with Crippen LogP contribution in [0.5, 0.6) is 0 Å². The topological polar surface area (TPSA) is 153 Å². The first kappa shape index (κ1) is 91.6. The Kier molecular flexibility index (Phi) is 31.1. The maximum absolute atomic E-state index is 4.78. The number of para-hydroxylation sites is 10. The second kappa shape index (κ2) is 44.7. The van der Waals surface area contributed by atoms with Crippen molar-refractivity contribution in [3.63, 3.8) is 0 Å². The van der Waals surface area contributed by atoms with Crippen LogP contribution in [0, 0.1) is 83.3 Å². The molecule has 659 valence electrons. The van der Waals surface area contributed by atoms with Crippen molar-refractivity contribution < 1.29 is 60.3 Å². The van der Waals surface area contributed by atoms with Crippen LogP contribution in [-0.2, 0) is 60.3 Å². The van der Waals surface area contributed by atoms with Crippen molar-refractivity contribution >= 4 is 109 Å². The molecule has 0 atom stereocenters. The van der Waals surface area contributed by atoms with Gasteiger partial charge in [0.15, 0.2) is 5.82 Å². The Hall–Kier alpha value is -15.1. The van der Waals surface area contributed by atoms with Gasteiger partial charge in [-0.05, 0) is 75.1 Å². The summed E-state index contributed by atoms with van der Waals surface area (Å²) in [6.07, 6.45) is 8.69. The van der Waals surface area contributed by atoms with E-state index in [2.05, 4.69) is 173 Å². The van der Waals surface area contributed by atoms with E-state index in [4.69, 9.17) is 20.3 Å². The molecular weight excluding hydrogens is 2170 g/mol. The fraction of sp³-hybridized carbons (Fsp3) is 0.0278. The van der Waals surface area contributed by atoms with Gasteiger partial charge in [0.05, 0.1) is 11.9 Å². The second-order valence-corrected chi connectivity index (χ2v) is 29.4. The van der Waals surface area contributed by atoms with E-state index >= 15 is 0 Å². The summed E-state index contributed by atoms with van der Waals surface area (Å²) in [6, 6.07) is 146. The predicted molar refractivity (Wildman–Crippen MR) is 519 cm³/mol. The minimum Gasteiger partial charge on any atom is -0.491 e. The molecule has 14 aromatic carbocycles. The number of anilines is 16. The van der Waals surface area contributed by atoms with E-state index in [0.717, 1.165) is 137 Å². The molecule has 0 fully saturated rings. The summed E-state index contributed by atoms with van der Waals surface area (Å²) >= 11 is 0.